The molecule has 0 aliphatic carbocycles. The quantitative estimate of drug-likeness (QED) is 0.496. The number of hydrogen-bond donors (Lipinski definition) is 1. The molecule has 176 valence electrons. The molecule has 0 unspecified atom stereocenters. The predicted octanol–water partition coefficient (Wildman–Crippen LogP) is 4.97. The first-order valence-corrected chi connectivity index (χ1v) is 12.7. The molecule has 1 aliphatic rings. The average Bonchev–Trinajstić information content (AvgIpc) is 3.30. The Hall–Kier alpha value is -3.65. The smallest absolute Gasteiger partial charge is 0.261 e. The van der Waals surface area contributed by atoms with Crippen molar-refractivity contribution >= 4 is 27.3 Å². The zero-order chi connectivity index (χ0) is 24.1. The van der Waals surface area contributed by atoms with Gasteiger partial charge in [0.2, 0.25) is 5.91 Å². The van der Waals surface area contributed by atoms with Crippen molar-refractivity contribution in [3.8, 4) is 5.75 Å². The first kappa shape index (κ1) is 23.5. The SMILES string of the molecule is CCOc1ccccc1[C@@H]1CC(c2ccccc2NS(=O)(=O)c2ccccc2)=NN1C(=O)CC. The summed E-state index contributed by atoms with van der Waals surface area (Å²) in [5.74, 6) is 0.590. The van der Waals surface area contributed by atoms with Crippen LogP contribution >= 0.6 is 0 Å². The molecule has 1 heterocycles. The van der Waals surface area contributed by atoms with Gasteiger partial charge in [0.15, 0.2) is 0 Å². The highest BCUT2D eigenvalue weighted by Gasteiger charge is 2.35. The van der Waals surface area contributed by atoms with Gasteiger partial charge in [-0.2, -0.15) is 5.10 Å². The van der Waals surface area contributed by atoms with E-state index in [1.807, 2.05) is 43.3 Å². The minimum Gasteiger partial charge on any atom is -0.494 e. The Balaban J connectivity index is 1.71. The Morgan fingerprint density at radius 1 is 1.00 bits per heavy atom. The summed E-state index contributed by atoms with van der Waals surface area (Å²) in [5.41, 5.74) is 2.54. The number of hydrogen-bond acceptors (Lipinski definition) is 5. The first-order valence-electron chi connectivity index (χ1n) is 11.2. The van der Waals surface area contributed by atoms with E-state index in [9.17, 15) is 13.2 Å². The van der Waals surface area contributed by atoms with Crippen LogP contribution in [0.2, 0.25) is 0 Å². The Morgan fingerprint density at radius 2 is 1.68 bits per heavy atom. The molecular weight excluding hydrogens is 450 g/mol. The molecule has 4 rings (SSSR count). The zero-order valence-corrected chi connectivity index (χ0v) is 20.0. The lowest BCUT2D eigenvalue weighted by molar-refractivity contribution is -0.132. The van der Waals surface area contributed by atoms with Crippen molar-refractivity contribution in [2.24, 2.45) is 5.10 Å². The highest BCUT2D eigenvalue weighted by Crippen LogP contribution is 2.39. The number of hydrazone groups is 1. The molecule has 0 spiro atoms. The summed E-state index contributed by atoms with van der Waals surface area (Å²) in [6.07, 6.45) is 0.728. The van der Waals surface area contributed by atoms with E-state index < -0.39 is 10.0 Å². The zero-order valence-electron chi connectivity index (χ0n) is 19.1. The number of anilines is 1. The van der Waals surface area contributed by atoms with E-state index in [1.165, 1.54) is 5.01 Å². The van der Waals surface area contributed by atoms with Gasteiger partial charge in [0.05, 0.1) is 28.9 Å². The van der Waals surface area contributed by atoms with Gasteiger partial charge in [-0.1, -0.05) is 61.5 Å². The monoisotopic (exact) mass is 477 g/mol. The second kappa shape index (κ2) is 10.1. The van der Waals surface area contributed by atoms with E-state index in [2.05, 4.69) is 9.82 Å². The Bertz CT molecular complexity index is 1310. The second-order valence-corrected chi connectivity index (χ2v) is 9.48. The molecule has 3 aromatic carbocycles. The number of para-hydroxylation sites is 2. The second-order valence-electron chi connectivity index (χ2n) is 7.79. The lowest BCUT2D eigenvalue weighted by Gasteiger charge is -2.23. The molecule has 1 aliphatic heterocycles. The van der Waals surface area contributed by atoms with Crippen LogP contribution in [0.15, 0.2) is 88.9 Å². The number of carbonyl (C=O) groups excluding carboxylic acids is 1. The molecule has 8 heteroatoms. The highest BCUT2D eigenvalue weighted by atomic mass is 32.2. The van der Waals surface area contributed by atoms with E-state index >= 15 is 0 Å². The van der Waals surface area contributed by atoms with Crippen molar-refractivity contribution < 1.29 is 17.9 Å². The number of rotatable bonds is 8. The van der Waals surface area contributed by atoms with E-state index in [0.717, 1.165) is 5.56 Å². The number of carbonyl (C=O) groups is 1. The molecule has 0 bridgehead atoms. The van der Waals surface area contributed by atoms with Crippen molar-refractivity contribution in [1.82, 2.24) is 5.01 Å². The van der Waals surface area contributed by atoms with Crippen LogP contribution in [0.5, 0.6) is 5.75 Å². The van der Waals surface area contributed by atoms with Crippen molar-refractivity contribution in [2.75, 3.05) is 11.3 Å². The number of benzene rings is 3. The predicted molar refractivity (Wildman–Crippen MR) is 132 cm³/mol. The number of nitrogens with one attached hydrogen (secondary N) is 1. The minimum atomic E-state index is -3.79. The standard InChI is InChI=1S/C26H27N3O4S/c1-3-26(30)29-24(21-15-9-11-17-25(21)33-4-2)18-23(27-29)20-14-8-10-16-22(20)28-34(31,32)19-12-6-5-7-13-19/h5-17,24,28H,3-4,18H2,1-2H3/t24-/m0/s1. The van der Waals surface area contributed by atoms with Gasteiger partial charge in [-0.3, -0.25) is 9.52 Å². The lowest BCUT2D eigenvalue weighted by atomic mass is 9.97. The van der Waals surface area contributed by atoms with Gasteiger partial charge in [-0.05, 0) is 31.2 Å². The van der Waals surface area contributed by atoms with Crippen LogP contribution in [0.25, 0.3) is 0 Å². The molecule has 0 radical (unpaired) electrons. The number of ether oxygens (including phenoxy) is 1. The molecule has 0 fully saturated rings. The van der Waals surface area contributed by atoms with Gasteiger partial charge in [0, 0.05) is 24.0 Å². The van der Waals surface area contributed by atoms with Crippen LogP contribution < -0.4 is 9.46 Å². The molecule has 1 amide bonds. The topological polar surface area (TPSA) is 88.1 Å². The molecule has 1 N–H and O–H groups in total. The summed E-state index contributed by atoms with van der Waals surface area (Å²) in [6.45, 7) is 4.21. The van der Waals surface area contributed by atoms with Gasteiger partial charge < -0.3 is 4.74 Å². The van der Waals surface area contributed by atoms with Crippen LogP contribution in [0.4, 0.5) is 5.69 Å². The van der Waals surface area contributed by atoms with Gasteiger partial charge in [-0.25, -0.2) is 13.4 Å². The van der Waals surface area contributed by atoms with Gasteiger partial charge >= 0.3 is 0 Å². The van der Waals surface area contributed by atoms with E-state index in [-0.39, 0.29) is 16.8 Å². The molecule has 0 saturated heterocycles. The summed E-state index contributed by atoms with van der Waals surface area (Å²) in [6, 6.07) is 22.6. The maximum atomic E-state index is 13.0. The van der Waals surface area contributed by atoms with Crippen LogP contribution in [-0.4, -0.2) is 31.7 Å². The molecular formula is C26H27N3O4S. The number of amides is 1. The maximum Gasteiger partial charge on any atom is 0.261 e. The van der Waals surface area contributed by atoms with Crippen molar-refractivity contribution in [1.29, 1.82) is 0 Å². The fraction of sp³-hybridized carbons (Fsp3) is 0.231. The Labute approximate surface area is 200 Å². The number of nitrogens with zero attached hydrogens (tertiary/aromatic N) is 2. The van der Waals surface area contributed by atoms with Crippen LogP contribution in [0.3, 0.4) is 0 Å². The molecule has 3 aromatic rings. The van der Waals surface area contributed by atoms with Gasteiger partial charge in [0.1, 0.15) is 5.75 Å². The molecule has 1 atom stereocenters. The van der Waals surface area contributed by atoms with E-state index in [0.29, 0.717) is 42.2 Å². The first-order chi connectivity index (χ1) is 16.4. The lowest BCUT2D eigenvalue weighted by Crippen LogP contribution is -2.26. The highest BCUT2D eigenvalue weighted by molar-refractivity contribution is 7.92. The average molecular weight is 478 g/mol. The molecule has 7 nitrogen and oxygen atoms in total. The van der Waals surface area contributed by atoms with E-state index in [4.69, 9.17) is 4.74 Å². The van der Waals surface area contributed by atoms with Gasteiger partial charge in [0.25, 0.3) is 10.0 Å². The summed E-state index contributed by atoms with van der Waals surface area (Å²) in [7, 11) is -3.79. The summed E-state index contributed by atoms with van der Waals surface area (Å²) in [5, 5.41) is 6.16. The largest absolute Gasteiger partial charge is 0.494 e. The number of sulfonamides is 1. The normalized spacial score (nSPS) is 15.6. The van der Waals surface area contributed by atoms with Gasteiger partial charge in [-0.15, -0.1) is 0 Å². The maximum absolute atomic E-state index is 13.0. The molecule has 34 heavy (non-hydrogen) atoms. The summed E-state index contributed by atoms with van der Waals surface area (Å²) >= 11 is 0. The minimum absolute atomic E-state index is 0.117. The summed E-state index contributed by atoms with van der Waals surface area (Å²) < 4.78 is 34.4. The third-order valence-corrected chi connectivity index (χ3v) is 6.96. The molecule has 0 saturated carbocycles. The summed E-state index contributed by atoms with van der Waals surface area (Å²) in [4.78, 5) is 13.0. The Kier molecular flexibility index (Phi) is 6.98. The van der Waals surface area contributed by atoms with E-state index in [1.54, 1.807) is 49.4 Å². The fourth-order valence-electron chi connectivity index (χ4n) is 3.98. The van der Waals surface area contributed by atoms with Crippen molar-refractivity contribution in [3.63, 3.8) is 0 Å². The third-order valence-electron chi connectivity index (χ3n) is 5.58. The molecule has 0 aromatic heterocycles. The van der Waals surface area contributed by atoms with Crippen molar-refractivity contribution in [3.05, 3.63) is 90.0 Å². The Morgan fingerprint density at radius 3 is 2.41 bits per heavy atom. The van der Waals surface area contributed by atoms with Crippen LogP contribution in [0.1, 0.15) is 43.9 Å². The van der Waals surface area contributed by atoms with Crippen LogP contribution in [0, 0.1) is 0 Å². The van der Waals surface area contributed by atoms with Crippen LogP contribution in [-0.2, 0) is 14.8 Å². The third kappa shape index (κ3) is 4.82. The fourth-order valence-corrected chi connectivity index (χ4v) is 5.08. The van der Waals surface area contributed by atoms with Crippen molar-refractivity contribution in [2.45, 2.75) is 37.6 Å².